The fourth-order valence-corrected chi connectivity index (χ4v) is 2.89. The number of hydrogen-bond donors (Lipinski definition) is 3. The van der Waals surface area contributed by atoms with Crippen LogP contribution in [0.5, 0.6) is 0 Å². The topological polar surface area (TPSA) is 107 Å². The number of aliphatic carboxylic acids is 2. The van der Waals surface area contributed by atoms with E-state index >= 15 is 0 Å². The third kappa shape index (κ3) is 9.16. The van der Waals surface area contributed by atoms with Gasteiger partial charge in [-0.3, -0.25) is 4.79 Å². The number of amides is 1. The van der Waals surface area contributed by atoms with Gasteiger partial charge in [-0.15, -0.1) is 0 Å². The van der Waals surface area contributed by atoms with Crippen LogP contribution in [0.3, 0.4) is 0 Å². The zero-order valence-corrected chi connectivity index (χ0v) is 18.0. The highest BCUT2D eigenvalue weighted by molar-refractivity contribution is 5.89. The minimum atomic E-state index is -4.66. The molecule has 0 saturated heterocycles. The molecule has 7 nitrogen and oxygen atoms in total. The van der Waals surface area contributed by atoms with Crippen LogP contribution in [0.2, 0.25) is 0 Å². The first-order valence-electron chi connectivity index (χ1n) is 9.63. The Labute approximate surface area is 189 Å². The molecule has 0 heterocycles. The Hall–Kier alpha value is -3.66. The number of carbonyl (C=O) groups excluding carboxylic acids is 1. The number of hydrogen-bond acceptors (Lipinski definition) is 4. The Bertz CT molecular complexity index is 932. The van der Waals surface area contributed by atoms with Crippen LogP contribution in [0.4, 0.5) is 13.2 Å². The van der Waals surface area contributed by atoms with E-state index in [0.29, 0.717) is 17.7 Å². The zero-order valence-electron chi connectivity index (χ0n) is 18.0. The van der Waals surface area contributed by atoms with Crippen LogP contribution in [-0.4, -0.2) is 59.8 Å². The summed E-state index contributed by atoms with van der Waals surface area (Å²) in [7, 11) is 3.27. The zero-order chi connectivity index (χ0) is 25.1. The summed E-state index contributed by atoms with van der Waals surface area (Å²) >= 11 is 0. The number of nitrogens with zero attached hydrogens (tertiary/aromatic N) is 1. The van der Waals surface area contributed by atoms with E-state index in [4.69, 9.17) is 10.2 Å². The summed E-state index contributed by atoms with van der Waals surface area (Å²) in [6, 6.07) is 15.9. The summed E-state index contributed by atoms with van der Waals surface area (Å²) in [5, 5.41) is 17.9. The highest BCUT2D eigenvalue weighted by atomic mass is 19.4. The summed E-state index contributed by atoms with van der Waals surface area (Å²) in [6.07, 6.45) is -3.92. The summed E-state index contributed by atoms with van der Waals surface area (Å²) in [5.74, 6) is -3.19. The highest BCUT2D eigenvalue weighted by Gasteiger charge is 2.56. The van der Waals surface area contributed by atoms with Gasteiger partial charge in [0.25, 0.3) is 0 Å². The van der Waals surface area contributed by atoms with Gasteiger partial charge in [-0.25, -0.2) is 9.59 Å². The molecule has 0 aliphatic heterocycles. The number of carboxylic acids is 2. The van der Waals surface area contributed by atoms with Gasteiger partial charge < -0.3 is 20.4 Å². The third-order valence-corrected chi connectivity index (χ3v) is 4.24. The lowest BCUT2D eigenvalue weighted by molar-refractivity contribution is -0.202. The number of carbonyl (C=O) groups is 3. The maximum absolute atomic E-state index is 14.2. The van der Waals surface area contributed by atoms with Crippen LogP contribution < -0.4 is 5.32 Å². The van der Waals surface area contributed by atoms with E-state index < -0.39 is 29.6 Å². The smallest absolute Gasteiger partial charge is 0.416 e. The maximum atomic E-state index is 14.2. The quantitative estimate of drug-likeness (QED) is 0.517. The molecule has 1 unspecified atom stereocenters. The van der Waals surface area contributed by atoms with Crippen molar-refractivity contribution in [1.82, 2.24) is 10.2 Å². The van der Waals surface area contributed by atoms with E-state index in [-0.39, 0.29) is 18.5 Å². The number of carboxylic acid groups (broad SMARTS) is 2. The molecule has 0 saturated carbocycles. The predicted molar refractivity (Wildman–Crippen MR) is 115 cm³/mol. The van der Waals surface area contributed by atoms with Crippen molar-refractivity contribution in [2.24, 2.45) is 0 Å². The standard InChI is InChI=1S/C19H21F3N2O.C4H4O4/c1-24(2)14-17(25)23-18(19(20,21)22,16-11-7-4-8-12-16)13-15-9-5-3-6-10-15;5-3(6)1-2-4(7)8/h3-12H,13-14H2,1-2H3,(H,23,25);1-2H,(H,5,6)(H,7,8)/b;2-1-. The number of rotatable bonds is 8. The number of nitrogens with one attached hydrogen (secondary N) is 1. The van der Waals surface area contributed by atoms with E-state index in [2.05, 4.69) is 5.32 Å². The summed E-state index contributed by atoms with van der Waals surface area (Å²) < 4.78 is 42.6. The van der Waals surface area contributed by atoms with Gasteiger partial charge >= 0.3 is 18.1 Å². The summed E-state index contributed by atoms with van der Waals surface area (Å²) in [6.45, 7) is -0.126. The van der Waals surface area contributed by atoms with Crippen LogP contribution in [0.25, 0.3) is 0 Å². The molecule has 1 atom stereocenters. The average molecular weight is 466 g/mol. The highest BCUT2D eigenvalue weighted by Crippen LogP contribution is 2.41. The van der Waals surface area contributed by atoms with Gasteiger partial charge in [0.15, 0.2) is 5.54 Å². The second-order valence-electron chi connectivity index (χ2n) is 7.23. The van der Waals surface area contributed by atoms with Crippen LogP contribution in [0.15, 0.2) is 72.8 Å². The first kappa shape index (κ1) is 27.4. The predicted octanol–water partition coefficient (Wildman–Crippen LogP) is 3.08. The van der Waals surface area contributed by atoms with Crippen LogP contribution in [0.1, 0.15) is 11.1 Å². The molecule has 0 radical (unpaired) electrons. The molecule has 0 aromatic heterocycles. The molecule has 0 bridgehead atoms. The van der Waals surface area contributed by atoms with Crippen LogP contribution >= 0.6 is 0 Å². The van der Waals surface area contributed by atoms with Gasteiger partial charge in [0.2, 0.25) is 5.91 Å². The molecule has 2 aromatic carbocycles. The molecule has 178 valence electrons. The van der Waals surface area contributed by atoms with Crippen molar-refractivity contribution in [3.05, 3.63) is 83.9 Å². The SMILES string of the molecule is CN(C)CC(=O)NC(Cc1ccccc1)(c1ccccc1)C(F)(F)F.O=C(O)/C=C\C(=O)O. The van der Waals surface area contributed by atoms with Gasteiger partial charge in [-0.05, 0) is 25.2 Å². The second-order valence-corrected chi connectivity index (χ2v) is 7.23. The lowest BCUT2D eigenvalue weighted by atomic mass is 9.82. The molecule has 10 heteroatoms. The molecule has 0 fully saturated rings. The second kappa shape index (κ2) is 12.4. The van der Waals surface area contributed by atoms with Crippen molar-refractivity contribution in [3.8, 4) is 0 Å². The number of likely N-dealkylation sites (N-methyl/N-ethyl adjacent to an activating group) is 1. The summed E-state index contributed by atoms with van der Waals surface area (Å²) in [5.41, 5.74) is -1.98. The third-order valence-electron chi connectivity index (χ3n) is 4.24. The molecule has 0 aliphatic rings. The Morgan fingerprint density at radius 3 is 1.73 bits per heavy atom. The monoisotopic (exact) mass is 466 g/mol. The van der Waals surface area contributed by atoms with E-state index in [9.17, 15) is 27.6 Å². The maximum Gasteiger partial charge on any atom is 0.416 e. The van der Waals surface area contributed by atoms with Crippen LogP contribution in [-0.2, 0) is 26.3 Å². The van der Waals surface area contributed by atoms with Gasteiger partial charge in [0.1, 0.15) is 0 Å². The largest absolute Gasteiger partial charge is 0.478 e. The van der Waals surface area contributed by atoms with Crippen molar-refractivity contribution in [3.63, 3.8) is 0 Å². The first-order chi connectivity index (χ1) is 15.4. The molecule has 0 spiro atoms. The Kier molecular flexibility index (Phi) is 10.3. The van der Waals surface area contributed by atoms with Gasteiger partial charge in [-0.2, -0.15) is 13.2 Å². The molecule has 1 amide bonds. The molecule has 2 rings (SSSR count). The van der Waals surface area contributed by atoms with Gasteiger partial charge in [-0.1, -0.05) is 60.7 Å². The normalized spacial score (nSPS) is 13.0. The minimum Gasteiger partial charge on any atom is -0.478 e. The van der Waals surface area contributed by atoms with Crippen molar-refractivity contribution in [2.45, 2.75) is 18.1 Å². The van der Waals surface area contributed by atoms with Gasteiger partial charge in [0.05, 0.1) is 6.54 Å². The Morgan fingerprint density at radius 2 is 1.33 bits per heavy atom. The van der Waals surface area contributed by atoms with E-state index in [1.54, 1.807) is 62.6 Å². The molecule has 3 N–H and O–H groups in total. The van der Waals surface area contributed by atoms with Crippen molar-refractivity contribution in [1.29, 1.82) is 0 Å². The van der Waals surface area contributed by atoms with Crippen molar-refractivity contribution >= 4 is 17.8 Å². The van der Waals surface area contributed by atoms with E-state index in [1.807, 2.05) is 0 Å². The molecule has 0 aliphatic carbocycles. The average Bonchev–Trinajstić information content (AvgIpc) is 2.72. The Balaban J connectivity index is 0.000000582. The fourth-order valence-electron chi connectivity index (χ4n) is 2.89. The summed E-state index contributed by atoms with van der Waals surface area (Å²) in [4.78, 5) is 32.9. The lowest BCUT2D eigenvalue weighted by Gasteiger charge is -2.37. The number of halogens is 3. The van der Waals surface area contributed by atoms with E-state index in [1.165, 1.54) is 17.0 Å². The Morgan fingerprint density at radius 1 is 0.879 bits per heavy atom. The van der Waals surface area contributed by atoms with E-state index in [0.717, 1.165) is 0 Å². The molecule has 33 heavy (non-hydrogen) atoms. The number of alkyl halides is 3. The molecular formula is C23H25F3N2O5. The molecule has 2 aromatic rings. The lowest BCUT2D eigenvalue weighted by Crippen LogP contribution is -2.58. The van der Waals surface area contributed by atoms with Gasteiger partial charge in [0, 0.05) is 18.6 Å². The van der Waals surface area contributed by atoms with Crippen molar-refractivity contribution in [2.75, 3.05) is 20.6 Å². The minimum absolute atomic E-state index is 0.0125. The molecular weight excluding hydrogens is 441 g/mol. The number of benzene rings is 2. The van der Waals surface area contributed by atoms with Crippen molar-refractivity contribution < 1.29 is 37.8 Å². The van der Waals surface area contributed by atoms with Crippen LogP contribution in [0, 0.1) is 0 Å². The first-order valence-corrected chi connectivity index (χ1v) is 9.63. The fraction of sp³-hybridized carbons (Fsp3) is 0.261.